The molecule has 3 amide bonds. The topological polar surface area (TPSA) is 90.5 Å². The van der Waals surface area contributed by atoms with E-state index in [1.165, 1.54) is 6.92 Å². The SMILES string of the molecule is CCN(CC(=O)Nc1ccc(NC(C)=O)cc1)CC(=O)N[C@H](C)C(C)C. The van der Waals surface area contributed by atoms with Crippen molar-refractivity contribution in [3.05, 3.63) is 24.3 Å². The first-order chi connectivity index (χ1) is 12.2. The Labute approximate surface area is 155 Å². The molecular weight excluding hydrogens is 332 g/mol. The van der Waals surface area contributed by atoms with Gasteiger partial charge in [0.15, 0.2) is 0 Å². The molecule has 0 bridgehead atoms. The summed E-state index contributed by atoms with van der Waals surface area (Å²) in [6.07, 6.45) is 0. The van der Waals surface area contributed by atoms with E-state index >= 15 is 0 Å². The minimum absolute atomic E-state index is 0.0829. The highest BCUT2D eigenvalue weighted by Gasteiger charge is 2.16. The number of nitrogens with one attached hydrogen (secondary N) is 3. The number of hydrogen-bond donors (Lipinski definition) is 3. The summed E-state index contributed by atoms with van der Waals surface area (Å²) < 4.78 is 0. The Morgan fingerprint density at radius 3 is 1.88 bits per heavy atom. The molecule has 0 aliphatic rings. The monoisotopic (exact) mass is 362 g/mol. The molecule has 0 unspecified atom stereocenters. The molecule has 1 aromatic rings. The van der Waals surface area contributed by atoms with Gasteiger partial charge in [0.05, 0.1) is 13.1 Å². The third-order valence-corrected chi connectivity index (χ3v) is 4.06. The van der Waals surface area contributed by atoms with Crippen LogP contribution in [0.25, 0.3) is 0 Å². The summed E-state index contributed by atoms with van der Waals surface area (Å²) in [7, 11) is 0. The summed E-state index contributed by atoms with van der Waals surface area (Å²) >= 11 is 0. The van der Waals surface area contributed by atoms with E-state index in [1.54, 1.807) is 29.2 Å². The Morgan fingerprint density at radius 1 is 0.923 bits per heavy atom. The summed E-state index contributed by atoms with van der Waals surface area (Å²) in [5.41, 5.74) is 1.31. The maximum absolute atomic E-state index is 12.2. The van der Waals surface area contributed by atoms with Crippen LogP contribution >= 0.6 is 0 Å². The third-order valence-electron chi connectivity index (χ3n) is 4.06. The van der Waals surface area contributed by atoms with Gasteiger partial charge in [-0.2, -0.15) is 0 Å². The molecule has 7 heteroatoms. The Morgan fingerprint density at radius 2 is 1.42 bits per heavy atom. The summed E-state index contributed by atoms with van der Waals surface area (Å²) in [6.45, 7) is 10.3. The van der Waals surface area contributed by atoms with Gasteiger partial charge in [-0.25, -0.2) is 0 Å². The zero-order chi connectivity index (χ0) is 19.7. The standard InChI is InChI=1S/C19H30N4O3/c1-6-23(11-18(25)20-14(4)13(2)3)12-19(26)22-17-9-7-16(8-10-17)21-15(5)24/h7-10,13-14H,6,11-12H2,1-5H3,(H,20,25)(H,21,24)(H,22,26)/t14-/m1/s1. The number of rotatable bonds is 9. The van der Waals surface area contributed by atoms with Crippen LogP contribution in [0.4, 0.5) is 11.4 Å². The highest BCUT2D eigenvalue weighted by atomic mass is 16.2. The van der Waals surface area contributed by atoms with Gasteiger partial charge in [-0.3, -0.25) is 19.3 Å². The van der Waals surface area contributed by atoms with Crippen molar-refractivity contribution in [3.63, 3.8) is 0 Å². The van der Waals surface area contributed by atoms with Gasteiger partial charge in [0.25, 0.3) is 0 Å². The maximum atomic E-state index is 12.2. The van der Waals surface area contributed by atoms with Crippen LogP contribution in [0.3, 0.4) is 0 Å². The summed E-state index contributed by atoms with van der Waals surface area (Å²) in [5, 5.41) is 8.40. The molecule has 26 heavy (non-hydrogen) atoms. The lowest BCUT2D eigenvalue weighted by Gasteiger charge is -2.22. The minimum Gasteiger partial charge on any atom is -0.352 e. The van der Waals surface area contributed by atoms with Gasteiger partial charge in [-0.05, 0) is 43.7 Å². The molecule has 1 aromatic carbocycles. The number of anilines is 2. The highest BCUT2D eigenvalue weighted by Crippen LogP contribution is 2.13. The zero-order valence-electron chi connectivity index (χ0n) is 16.3. The Bertz CT molecular complexity index is 614. The second-order valence-electron chi connectivity index (χ2n) is 6.71. The average molecular weight is 362 g/mol. The number of carbonyl (C=O) groups is 3. The van der Waals surface area contributed by atoms with Crippen LogP contribution in [0.1, 0.15) is 34.6 Å². The van der Waals surface area contributed by atoms with Crippen molar-refractivity contribution in [2.75, 3.05) is 30.3 Å². The van der Waals surface area contributed by atoms with Crippen LogP contribution in [-0.2, 0) is 14.4 Å². The molecule has 144 valence electrons. The summed E-state index contributed by atoms with van der Waals surface area (Å²) in [6, 6.07) is 6.97. The van der Waals surface area contributed by atoms with Crippen LogP contribution in [0.15, 0.2) is 24.3 Å². The van der Waals surface area contributed by atoms with E-state index in [0.29, 0.717) is 23.8 Å². The molecule has 1 atom stereocenters. The lowest BCUT2D eigenvalue weighted by molar-refractivity contribution is -0.124. The van der Waals surface area contributed by atoms with Crippen LogP contribution in [0.5, 0.6) is 0 Å². The zero-order valence-corrected chi connectivity index (χ0v) is 16.3. The minimum atomic E-state index is -0.191. The normalized spacial score (nSPS) is 12.0. The smallest absolute Gasteiger partial charge is 0.238 e. The fourth-order valence-electron chi connectivity index (χ4n) is 2.19. The first-order valence-corrected chi connectivity index (χ1v) is 8.90. The molecule has 0 aliphatic carbocycles. The average Bonchev–Trinajstić information content (AvgIpc) is 2.55. The molecule has 7 nitrogen and oxygen atoms in total. The number of benzene rings is 1. The van der Waals surface area contributed by atoms with E-state index < -0.39 is 0 Å². The second kappa shape index (κ2) is 10.6. The van der Waals surface area contributed by atoms with E-state index in [2.05, 4.69) is 16.0 Å². The second-order valence-corrected chi connectivity index (χ2v) is 6.71. The van der Waals surface area contributed by atoms with Crippen molar-refractivity contribution in [3.8, 4) is 0 Å². The van der Waals surface area contributed by atoms with Crippen molar-refractivity contribution in [1.29, 1.82) is 0 Å². The number of amides is 3. The fraction of sp³-hybridized carbons (Fsp3) is 0.526. The Hall–Kier alpha value is -2.41. The van der Waals surface area contributed by atoms with Gasteiger partial charge < -0.3 is 16.0 Å². The molecule has 1 rings (SSSR count). The number of carbonyl (C=O) groups excluding carboxylic acids is 3. The van der Waals surface area contributed by atoms with Gasteiger partial charge in [0.2, 0.25) is 17.7 Å². The Kier molecular flexibility index (Phi) is 8.78. The molecule has 0 aliphatic heterocycles. The van der Waals surface area contributed by atoms with E-state index in [-0.39, 0.29) is 36.9 Å². The van der Waals surface area contributed by atoms with Gasteiger partial charge in [-0.15, -0.1) is 0 Å². The lowest BCUT2D eigenvalue weighted by Crippen LogP contribution is -2.44. The predicted octanol–water partition coefficient (Wildman–Crippen LogP) is 2.07. The lowest BCUT2D eigenvalue weighted by atomic mass is 10.1. The van der Waals surface area contributed by atoms with Crippen molar-refractivity contribution >= 4 is 29.1 Å². The van der Waals surface area contributed by atoms with E-state index in [9.17, 15) is 14.4 Å². The highest BCUT2D eigenvalue weighted by molar-refractivity contribution is 5.93. The van der Waals surface area contributed by atoms with Crippen molar-refractivity contribution in [2.45, 2.75) is 40.7 Å². The third kappa shape index (κ3) is 8.11. The molecule has 0 aromatic heterocycles. The van der Waals surface area contributed by atoms with Gasteiger partial charge in [0, 0.05) is 24.3 Å². The molecule has 0 fully saturated rings. The van der Waals surface area contributed by atoms with E-state index in [4.69, 9.17) is 0 Å². The van der Waals surface area contributed by atoms with Gasteiger partial charge >= 0.3 is 0 Å². The molecule has 0 saturated heterocycles. The molecule has 0 spiro atoms. The van der Waals surface area contributed by atoms with Crippen LogP contribution in [0.2, 0.25) is 0 Å². The van der Waals surface area contributed by atoms with Crippen LogP contribution < -0.4 is 16.0 Å². The summed E-state index contributed by atoms with van der Waals surface area (Å²) in [5.74, 6) is -0.0624. The van der Waals surface area contributed by atoms with Crippen molar-refractivity contribution < 1.29 is 14.4 Å². The fourth-order valence-corrected chi connectivity index (χ4v) is 2.19. The maximum Gasteiger partial charge on any atom is 0.238 e. The Balaban J connectivity index is 2.51. The van der Waals surface area contributed by atoms with Crippen LogP contribution in [0, 0.1) is 5.92 Å². The van der Waals surface area contributed by atoms with E-state index in [0.717, 1.165) is 0 Å². The summed E-state index contributed by atoms with van der Waals surface area (Å²) in [4.78, 5) is 37.1. The molecule has 0 saturated carbocycles. The first kappa shape index (κ1) is 21.6. The molecule has 0 heterocycles. The van der Waals surface area contributed by atoms with Crippen molar-refractivity contribution in [1.82, 2.24) is 10.2 Å². The number of hydrogen-bond acceptors (Lipinski definition) is 4. The number of nitrogens with zero attached hydrogens (tertiary/aromatic N) is 1. The quantitative estimate of drug-likeness (QED) is 0.627. The molecule has 0 radical (unpaired) electrons. The predicted molar refractivity (Wildman–Crippen MR) is 104 cm³/mol. The van der Waals surface area contributed by atoms with Crippen molar-refractivity contribution in [2.24, 2.45) is 5.92 Å². The van der Waals surface area contributed by atoms with Gasteiger partial charge in [-0.1, -0.05) is 20.8 Å². The number of likely N-dealkylation sites (N-methyl/N-ethyl adjacent to an activating group) is 1. The van der Waals surface area contributed by atoms with Gasteiger partial charge in [0.1, 0.15) is 0 Å². The largest absolute Gasteiger partial charge is 0.352 e. The molecule has 3 N–H and O–H groups in total. The first-order valence-electron chi connectivity index (χ1n) is 8.90. The van der Waals surface area contributed by atoms with E-state index in [1.807, 2.05) is 27.7 Å². The van der Waals surface area contributed by atoms with Crippen LogP contribution in [-0.4, -0.2) is 48.3 Å². The molecular formula is C19H30N4O3.